The zero-order chi connectivity index (χ0) is 16.6. The molecule has 118 valence electrons. The Morgan fingerprint density at radius 2 is 1.74 bits per heavy atom. The molecule has 1 aliphatic heterocycles. The van der Waals surface area contributed by atoms with Crippen LogP contribution in [-0.2, 0) is 9.53 Å². The molecule has 1 aliphatic rings. The van der Waals surface area contributed by atoms with Gasteiger partial charge in [0.05, 0.1) is 24.7 Å². The molecule has 4 nitrogen and oxygen atoms in total. The molecule has 0 N–H and O–H groups in total. The summed E-state index contributed by atoms with van der Waals surface area (Å²) in [6.45, 7) is 6.21. The van der Waals surface area contributed by atoms with Crippen LogP contribution in [0, 0.1) is 20.8 Å². The van der Waals surface area contributed by atoms with Gasteiger partial charge in [-0.2, -0.15) is 0 Å². The van der Waals surface area contributed by atoms with Crippen molar-refractivity contribution in [1.29, 1.82) is 0 Å². The summed E-state index contributed by atoms with van der Waals surface area (Å²) < 4.78 is 10.5. The number of rotatable bonds is 2. The minimum absolute atomic E-state index is 0.172. The minimum atomic E-state index is -0.494. The monoisotopic (exact) mass is 309 g/mol. The lowest BCUT2D eigenvalue weighted by Gasteiger charge is -2.30. The van der Waals surface area contributed by atoms with Gasteiger partial charge in [-0.15, -0.1) is 0 Å². The normalized spacial score (nSPS) is 13.0. The zero-order valence-corrected chi connectivity index (χ0v) is 13.7. The van der Waals surface area contributed by atoms with Crippen molar-refractivity contribution in [2.45, 2.75) is 20.8 Å². The highest BCUT2D eigenvalue weighted by molar-refractivity contribution is 5.90. The predicted octanol–water partition coefficient (Wildman–Crippen LogP) is 4.16. The summed E-state index contributed by atoms with van der Waals surface area (Å²) in [5.74, 6) is 0.312. The van der Waals surface area contributed by atoms with Gasteiger partial charge in [0.25, 0.3) is 0 Å². The third-order valence-electron chi connectivity index (χ3n) is 3.85. The van der Waals surface area contributed by atoms with E-state index in [1.165, 1.54) is 12.7 Å². The van der Waals surface area contributed by atoms with Crippen LogP contribution in [0.15, 0.2) is 48.4 Å². The highest BCUT2D eigenvalue weighted by Crippen LogP contribution is 2.41. The van der Waals surface area contributed by atoms with Crippen LogP contribution in [0.3, 0.4) is 0 Å². The van der Waals surface area contributed by atoms with Gasteiger partial charge in [-0.1, -0.05) is 29.8 Å². The van der Waals surface area contributed by atoms with Gasteiger partial charge in [0.2, 0.25) is 5.76 Å². The van der Waals surface area contributed by atoms with E-state index in [2.05, 4.69) is 32.9 Å². The molecule has 0 fully saturated rings. The number of methoxy groups -OCH3 is 1. The van der Waals surface area contributed by atoms with Gasteiger partial charge >= 0.3 is 5.97 Å². The molecule has 0 radical (unpaired) electrons. The number of anilines is 2. The van der Waals surface area contributed by atoms with Crippen molar-refractivity contribution >= 4 is 17.3 Å². The Morgan fingerprint density at radius 3 is 2.39 bits per heavy atom. The quantitative estimate of drug-likeness (QED) is 0.781. The SMILES string of the molecule is COC(=O)C1=CN(c2c(C)cc(C)cc2C)c2ccccc2O1. The molecule has 0 spiro atoms. The highest BCUT2D eigenvalue weighted by Gasteiger charge is 2.26. The second-order valence-electron chi connectivity index (χ2n) is 5.67. The number of carbonyl (C=O) groups is 1. The first kappa shape index (κ1) is 15.2. The maximum Gasteiger partial charge on any atom is 0.375 e. The van der Waals surface area contributed by atoms with Gasteiger partial charge in [0, 0.05) is 0 Å². The van der Waals surface area contributed by atoms with E-state index in [0.29, 0.717) is 5.75 Å². The van der Waals surface area contributed by atoms with Gasteiger partial charge in [-0.25, -0.2) is 4.79 Å². The summed E-state index contributed by atoms with van der Waals surface area (Å²) in [4.78, 5) is 13.9. The Morgan fingerprint density at radius 1 is 1.09 bits per heavy atom. The first-order chi connectivity index (χ1) is 11.0. The molecule has 2 aromatic rings. The van der Waals surface area contributed by atoms with Gasteiger partial charge in [0.15, 0.2) is 5.75 Å². The van der Waals surface area contributed by atoms with Crippen molar-refractivity contribution in [3.05, 3.63) is 65.0 Å². The molecular formula is C19H19NO3. The average Bonchev–Trinajstić information content (AvgIpc) is 2.52. The molecule has 0 bridgehead atoms. The summed E-state index contributed by atoms with van der Waals surface area (Å²) >= 11 is 0. The average molecular weight is 309 g/mol. The fourth-order valence-electron chi connectivity index (χ4n) is 3.01. The van der Waals surface area contributed by atoms with E-state index in [1.807, 2.05) is 29.2 Å². The largest absolute Gasteiger partial charge is 0.463 e. The summed E-state index contributed by atoms with van der Waals surface area (Å²) in [7, 11) is 1.35. The summed E-state index contributed by atoms with van der Waals surface area (Å²) in [5, 5.41) is 0. The Bertz CT molecular complexity index is 785. The van der Waals surface area contributed by atoms with E-state index in [4.69, 9.17) is 9.47 Å². The van der Waals surface area contributed by atoms with Crippen LogP contribution < -0.4 is 9.64 Å². The maximum atomic E-state index is 11.9. The van der Waals surface area contributed by atoms with Crippen LogP contribution in [0.25, 0.3) is 0 Å². The van der Waals surface area contributed by atoms with Crippen molar-refractivity contribution < 1.29 is 14.3 Å². The number of carbonyl (C=O) groups excluding carboxylic acids is 1. The first-order valence-corrected chi connectivity index (χ1v) is 7.45. The van der Waals surface area contributed by atoms with Gasteiger partial charge in [-0.05, 0) is 44.0 Å². The highest BCUT2D eigenvalue weighted by atomic mass is 16.6. The number of esters is 1. The molecule has 2 aromatic carbocycles. The van der Waals surface area contributed by atoms with E-state index in [9.17, 15) is 4.79 Å². The Balaban J connectivity index is 2.20. The van der Waals surface area contributed by atoms with E-state index < -0.39 is 5.97 Å². The molecule has 4 heteroatoms. The minimum Gasteiger partial charge on any atom is -0.463 e. The van der Waals surface area contributed by atoms with Crippen molar-refractivity contribution in [3.63, 3.8) is 0 Å². The van der Waals surface area contributed by atoms with E-state index in [0.717, 1.165) is 22.5 Å². The zero-order valence-electron chi connectivity index (χ0n) is 13.7. The fraction of sp³-hybridized carbons (Fsp3) is 0.211. The molecule has 0 aliphatic carbocycles. The number of hydrogen-bond donors (Lipinski definition) is 0. The summed E-state index contributed by atoms with van der Waals surface area (Å²) in [6, 6.07) is 11.9. The molecule has 23 heavy (non-hydrogen) atoms. The van der Waals surface area contributed by atoms with Crippen LogP contribution >= 0.6 is 0 Å². The Kier molecular flexibility index (Phi) is 3.82. The summed E-state index contributed by atoms with van der Waals surface area (Å²) in [6.07, 6.45) is 1.69. The lowest BCUT2D eigenvalue weighted by molar-refractivity contribution is -0.138. The molecule has 0 saturated carbocycles. The molecular weight excluding hydrogens is 290 g/mol. The van der Waals surface area contributed by atoms with Gasteiger partial charge in [-0.3, -0.25) is 0 Å². The van der Waals surface area contributed by atoms with Crippen LogP contribution in [-0.4, -0.2) is 13.1 Å². The second-order valence-corrected chi connectivity index (χ2v) is 5.67. The number of para-hydroxylation sites is 2. The van der Waals surface area contributed by atoms with Crippen molar-refractivity contribution in [2.75, 3.05) is 12.0 Å². The third-order valence-corrected chi connectivity index (χ3v) is 3.85. The first-order valence-electron chi connectivity index (χ1n) is 7.45. The lowest BCUT2D eigenvalue weighted by Crippen LogP contribution is -2.23. The fourth-order valence-corrected chi connectivity index (χ4v) is 3.01. The van der Waals surface area contributed by atoms with E-state index in [1.54, 1.807) is 6.20 Å². The number of nitrogens with zero attached hydrogens (tertiary/aromatic N) is 1. The van der Waals surface area contributed by atoms with Crippen molar-refractivity contribution in [1.82, 2.24) is 0 Å². The molecule has 0 aromatic heterocycles. The Labute approximate surface area is 135 Å². The molecule has 0 saturated heterocycles. The van der Waals surface area contributed by atoms with Crippen molar-refractivity contribution in [3.8, 4) is 5.75 Å². The molecule has 0 amide bonds. The number of hydrogen-bond acceptors (Lipinski definition) is 4. The van der Waals surface area contributed by atoms with Crippen LogP contribution in [0.4, 0.5) is 11.4 Å². The maximum absolute atomic E-state index is 11.9. The molecule has 0 atom stereocenters. The number of fused-ring (bicyclic) bond motifs is 1. The van der Waals surface area contributed by atoms with Gasteiger partial charge in [0.1, 0.15) is 0 Å². The smallest absolute Gasteiger partial charge is 0.375 e. The standard InChI is InChI=1S/C19H19NO3/c1-12-9-13(2)18(14(3)10-12)20-11-17(19(21)22-4)23-16-8-6-5-7-15(16)20/h5-11H,1-4H3. The number of benzene rings is 2. The molecule has 3 rings (SSSR count). The predicted molar refractivity (Wildman–Crippen MR) is 90.0 cm³/mol. The number of aryl methyl sites for hydroxylation is 3. The van der Waals surface area contributed by atoms with Crippen LogP contribution in [0.1, 0.15) is 16.7 Å². The van der Waals surface area contributed by atoms with Gasteiger partial charge < -0.3 is 14.4 Å². The Hall–Kier alpha value is -2.75. The van der Waals surface area contributed by atoms with Crippen molar-refractivity contribution in [2.24, 2.45) is 0 Å². The number of ether oxygens (including phenoxy) is 2. The van der Waals surface area contributed by atoms with Crippen LogP contribution in [0.5, 0.6) is 5.75 Å². The second kappa shape index (κ2) is 5.80. The summed E-state index contributed by atoms with van der Waals surface area (Å²) in [5.41, 5.74) is 5.43. The van der Waals surface area contributed by atoms with E-state index in [-0.39, 0.29) is 5.76 Å². The topological polar surface area (TPSA) is 38.8 Å². The lowest BCUT2D eigenvalue weighted by atomic mass is 10.0. The third kappa shape index (κ3) is 2.68. The molecule has 0 unspecified atom stereocenters. The molecule has 1 heterocycles. The van der Waals surface area contributed by atoms with Crippen LogP contribution in [0.2, 0.25) is 0 Å². The van der Waals surface area contributed by atoms with E-state index >= 15 is 0 Å².